The fourth-order valence-corrected chi connectivity index (χ4v) is 6.68. The zero-order chi connectivity index (χ0) is 28.2. The maximum Gasteiger partial charge on any atom is 0.219 e. The van der Waals surface area contributed by atoms with Crippen molar-refractivity contribution in [3.63, 3.8) is 0 Å². The van der Waals surface area contributed by atoms with Crippen molar-refractivity contribution >= 4 is 22.4 Å². The Labute approximate surface area is 242 Å². The Balaban J connectivity index is 1.21. The van der Waals surface area contributed by atoms with Gasteiger partial charge in [0, 0.05) is 49.7 Å². The molecule has 3 aromatic heterocycles. The smallest absolute Gasteiger partial charge is 0.219 e. The van der Waals surface area contributed by atoms with Gasteiger partial charge >= 0.3 is 0 Å². The molecule has 0 radical (unpaired) electrons. The van der Waals surface area contributed by atoms with Gasteiger partial charge in [0.25, 0.3) is 0 Å². The summed E-state index contributed by atoms with van der Waals surface area (Å²) in [7, 11) is 1.68. The number of piperidine rings is 1. The van der Waals surface area contributed by atoms with Gasteiger partial charge in [0.2, 0.25) is 5.88 Å². The lowest BCUT2D eigenvalue weighted by Crippen LogP contribution is -2.39. The predicted molar refractivity (Wildman–Crippen MR) is 160 cm³/mol. The van der Waals surface area contributed by atoms with E-state index in [-0.39, 0.29) is 11.9 Å². The summed E-state index contributed by atoms with van der Waals surface area (Å²) >= 11 is 0. The number of hydrogen-bond acceptors (Lipinski definition) is 8. The van der Waals surface area contributed by atoms with Crippen molar-refractivity contribution in [1.29, 1.82) is 0 Å². The van der Waals surface area contributed by atoms with Gasteiger partial charge in [-0.2, -0.15) is 0 Å². The number of methoxy groups -OCH3 is 1. The lowest BCUT2D eigenvalue weighted by atomic mass is 10.00. The van der Waals surface area contributed by atoms with Crippen molar-refractivity contribution in [3.05, 3.63) is 47.2 Å². The number of halogens is 1. The first-order valence-corrected chi connectivity index (χ1v) is 15.4. The largest absolute Gasteiger partial charge is 0.481 e. The summed E-state index contributed by atoms with van der Waals surface area (Å²) in [6.07, 6.45) is 11.6. The van der Waals surface area contributed by atoms with Crippen molar-refractivity contribution in [2.75, 3.05) is 56.7 Å². The number of pyridine rings is 3. The van der Waals surface area contributed by atoms with Crippen LogP contribution in [0.15, 0.2) is 24.5 Å². The Morgan fingerprint density at radius 2 is 1.93 bits per heavy atom. The van der Waals surface area contributed by atoms with Gasteiger partial charge in [-0.05, 0) is 75.1 Å². The molecule has 1 atom stereocenters. The molecule has 220 valence electrons. The van der Waals surface area contributed by atoms with Crippen LogP contribution in [-0.4, -0.2) is 72.3 Å². The molecule has 9 heteroatoms. The number of anilines is 2. The molecule has 6 rings (SSSR count). The molecule has 0 amide bonds. The second kappa shape index (κ2) is 12.9. The van der Waals surface area contributed by atoms with Crippen LogP contribution in [0.4, 0.5) is 15.8 Å². The number of aromatic nitrogens is 3. The molecule has 2 fully saturated rings. The first kappa shape index (κ1) is 28.1. The summed E-state index contributed by atoms with van der Waals surface area (Å²) < 4.78 is 26.2. The van der Waals surface area contributed by atoms with Gasteiger partial charge < -0.3 is 24.6 Å². The first-order chi connectivity index (χ1) is 20.1. The second-order valence-corrected chi connectivity index (χ2v) is 12.0. The summed E-state index contributed by atoms with van der Waals surface area (Å²) in [6.45, 7) is 8.33. The minimum Gasteiger partial charge on any atom is -0.481 e. The molecule has 0 saturated carbocycles. The molecule has 41 heavy (non-hydrogen) atoms. The third kappa shape index (κ3) is 6.41. The summed E-state index contributed by atoms with van der Waals surface area (Å²) in [5, 5.41) is 3.90. The van der Waals surface area contributed by atoms with Crippen molar-refractivity contribution < 1.29 is 13.9 Å². The molecule has 1 N–H and O–H groups in total. The first-order valence-electron chi connectivity index (χ1n) is 15.4. The van der Waals surface area contributed by atoms with Crippen molar-refractivity contribution in [3.8, 4) is 5.88 Å². The molecule has 5 heterocycles. The van der Waals surface area contributed by atoms with E-state index in [1.165, 1.54) is 30.3 Å². The van der Waals surface area contributed by atoms with E-state index in [4.69, 9.17) is 19.4 Å². The molecular formula is C32H43FN6O2. The maximum atomic E-state index is 14.3. The maximum absolute atomic E-state index is 14.3. The number of hydrogen-bond donors (Lipinski definition) is 1. The van der Waals surface area contributed by atoms with E-state index in [1.807, 2.05) is 0 Å². The lowest BCUT2D eigenvalue weighted by Gasteiger charge is -2.35. The number of aryl methyl sites for hydroxylation is 1. The summed E-state index contributed by atoms with van der Waals surface area (Å²) in [4.78, 5) is 18.7. The van der Waals surface area contributed by atoms with Crippen LogP contribution in [0.25, 0.3) is 11.0 Å². The van der Waals surface area contributed by atoms with E-state index in [0.717, 1.165) is 99.5 Å². The van der Waals surface area contributed by atoms with Crippen molar-refractivity contribution in [2.24, 2.45) is 5.92 Å². The quantitative estimate of drug-likeness (QED) is 0.275. The molecule has 2 aliphatic heterocycles. The molecule has 3 aromatic rings. The van der Waals surface area contributed by atoms with Crippen LogP contribution in [0.2, 0.25) is 0 Å². The summed E-state index contributed by atoms with van der Waals surface area (Å²) in [5.74, 6) is 1.13. The zero-order valence-corrected chi connectivity index (χ0v) is 24.5. The van der Waals surface area contributed by atoms with Crippen LogP contribution in [0.1, 0.15) is 62.3 Å². The van der Waals surface area contributed by atoms with Gasteiger partial charge in [0.15, 0.2) is 5.82 Å². The third-order valence-corrected chi connectivity index (χ3v) is 8.97. The van der Waals surface area contributed by atoms with E-state index in [0.29, 0.717) is 24.8 Å². The highest BCUT2D eigenvalue weighted by Gasteiger charge is 2.26. The molecule has 2 saturated heterocycles. The van der Waals surface area contributed by atoms with Gasteiger partial charge in [-0.1, -0.05) is 13.3 Å². The minimum absolute atomic E-state index is 0.258. The van der Waals surface area contributed by atoms with E-state index in [1.54, 1.807) is 19.4 Å². The van der Waals surface area contributed by atoms with Crippen LogP contribution in [0.5, 0.6) is 5.88 Å². The molecular weight excluding hydrogens is 519 g/mol. The fourth-order valence-electron chi connectivity index (χ4n) is 6.68. The van der Waals surface area contributed by atoms with E-state index < -0.39 is 0 Å². The highest BCUT2D eigenvalue weighted by Crippen LogP contribution is 2.36. The number of ether oxygens (including phenoxy) is 2. The molecule has 0 spiro atoms. The summed E-state index contributed by atoms with van der Waals surface area (Å²) in [6, 6.07) is 4.16. The van der Waals surface area contributed by atoms with Crippen LogP contribution in [0.3, 0.4) is 0 Å². The number of rotatable bonds is 9. The molecule has 8 nitrogen and oxygen atoms in total. The Bertz CT molecular complexity index is 1350. The number of fused-ring (bicyclic) bond motifs is 2. The molecule has 3 aliphatic rings. The highest BCUT2D eigenvalue weighted by molar-refractivity contribution is 5.91. The Morgan fingerprint density at radius 1 is 1.07 bits per heavy atom. The Morgan fingerprint density at radius 3 is 2.71 bits per heavy atom. The Hall–Kier alpha value is -3.04. The molecule has 1 aliphatic carbocycles. The van der Waals surface area contributed by atoms with E-state index >= 15 is 0 Å². The fraction of sp³-hybridized carbons (Fsp3) is 0.594. The van der Waals surface area contributed by atoms with Gasteiger partial charge in [0.1, 0.15) is 5.52 Å². The SMILES string of the molecule is COc1nc2c(NC3CCN(c4ccncc4F)CC3)c3c(nc2cc1COCCN1CCC(C)C1)CCCCC3. The third-order valence-electron chi connectivity index (χ3n) is 8.97. The molecule has 0 aromatic carbocycles. The van der Waals surface area contributed by atoms with Gasteiger partial charge in [-0.15, -0.1) is 0 Å². The van der Waals surface area contributed by atoms with E-state index in [9.17, 15) is 4.39 Å². The number of nitrogens with one attached hydrogen (secondary N) is 1. The van der Waals surface area contributed by atoms with Gasteiger partial charge in [0.05, 0.1) is 43.4 Å². The van der Waals surface area contributed by atoms with Crippen LogP contribution >= 0.6 is 0 Å². The monoisotopic (exact) mass is 562 g/mol. The lowest BCUT2D eigenvalue weighted by molar-refractivity contribution is 0.0967. The highest BCUT2D eigenvalue weighted by atomic mass is 19.1. The standard InChI is InChI=1S/C32H43FN6O2/c1-22-9-13-38(20-22)16-17-41-21-23-18-28-31(37-32(23)40-2)30(25-6-4-3-5-7-27(25)36-28)35-24-10-14-39(15-11-24)29-8-12-34-19-26(29)33/h8,12,18-19,22,24H,3-7,9-11,13-17,20-21H2,1-2H3,(H,35,36). The van der Waals surface area contributed by atoms with Gasteiger partial charge in [-0.3, -0.25) is 9.97 Å². The van der Waals surface area contributed by atoms with Crippen LogP contribution in [0, 0.1) is 11.7 Å². The summed E-state index contributed by atoms with van der Waals surface area (Å²) in [5.41, 5.74) is 6.95. The second-order valence-electron chi connectivity index (χ2n) is 12.0. The molecule has 0 bridgehead atoms. The predicted octanol–water partition coefficient (Wildman–Crippen LogP) is 5.38. The van der Waals surface area contributed by atoms with Crippen LogP contribution in [-0.2, 0) is 24.2 Å². The normalized spacial score (nSPS) is 20.3. The van der Waals surface area contributed by atoms with Gasteiger partial charge in [-0.25, -0.2) is 9.37 Å². The minimum atomic E-state index is -0.258. The number of likely N-dealkylation sites (tertiary alicyclic amines) is 1. The zero-order valence-electron chi connectivity index (χ0n) is 24.5. The molecule has 1 unspecified atom stereocenters. The van der Waals surface area contributed by atoms with E-state index in [2.05, 4.69) is 33.1 Å². The average Bonchev–Trinajstić information content (AvgIpc) is 3.26. The topological polar surface area (TPSA) is 75.6 Å². The van der Waals surface area contributed by atoms with Crippen LogP contribution < -0.4 is 15.0 Å². The Kier molecular flexibility index (Phi) is 8.81. The number of nitrogens with zero attached hydrogens (tertiary/aromatic N) is 5. The van der Waals surface area contributed by atoms with Crippen molar-refractivity contribution in [1.82, 2.24) is 19.9 Å². The average molecular weight is 563 g/mol. The van der Waals surface area contributed by atoms with Crippen molar-refractivity contribution in [2.45, 2.75) is 70.9 Å².